The third-order valence-electron chi connectivity index (χ3n) is 4.53. The number of rotatable bonds is 2. The molecule has 1 N–H and O–H groups in total. The standard InChI is InChI=1S/C12H22N2/c1-10-2-4-14(5-3-10)9-12-6-11(7-12)8-13-12/h10-11,13H,2-9H2,1H3. The molecule has 4 rings (SSSR count). The van der Waals surface area contributed by atoms with Crippen LogP contribution in [0.5, 0.6) is 0 Å². The summed E-state index contributed by atoms with van der Waals surface area (Å²) >= 11 is 0. The van der Waals surface area contributed by atoms with Crippen LogP contribution < -0.4 is 5.32 Å². The maximum absolute atomic E-state index is 3.72. The number of hydrogen-bond donors (Lipinski definition) is 1. The van der Waals surface area contributed by atoms with Crippen LogP contribution in [-0.2, 0) is 0 Å². The molecule has 0 atom stereocenters. The van der Waals surface area contributed by atoms with Gasteiger partial charge in [-0.1, -0.05) is 6.92 Å². The van der Waals surface area contributed by atoms with Crippen LogP contribution in [0.1, 0.15) is 32.6 Å². The number of hydrogen-bond acceptors (Lipinski definition) is 2. The quantitative estimate of drug-likeness (QED) is 0.716. The van der Waals surface area contributed by atoms with E-state index in [1.54, 1.807) is 0 Å². The SMILES string of the molecule is CC1CCN(CC23CC(CN2)C3)CC1. The number of fused-ring (bicyclic) bond motifs is 1. The van der Waals surface area contributed by atoms with Crippen molar-refractivity contribution in [1.29, 1.82) is 0 Å². The second-order valence-corrected chi connectivity index (χ2v) is 5.89. The van der Waals surface area contributed by atoms with Crippen molar-refractivity contribution in [3.05, 3.63) is 0 Å². The summed E-state index contributed by atoms with van der Waals surface area (Å²) < 4.78 is 0. The molecule has 3 heterocycles. The van der Waals surface area contributed by atoms with Crippen molar-refractivity contribution in [3.8, 4) is 0 Å². The number of piperidine rings is 1. The Bertz CT molecular complexity index is 207. The lowest BCUT2D eigenvalue weighted by molar-refractivity contribution is 0.106. The van der Waals surface area contributed by atoms with Crippen LogP contribution in [0.15, 0.2) is 0 Å². The normalized spacial score (nSPS) is 43.9. The Morgan fingerprint density at radius 3 is 2.57 bits per heavy atom. The molecule has 0 unspecified atom stereocenters. The minimum absolute atomic E-state index is 0.561. The third kappa shape index (κ3) is 1.49. The maximum atomic E-state index is 3.72. The highest BCUT2D eigenvalue weighted by Crippen LogP contribution is 2.44. The molecule has 4 fully saturated rings. The van der Waals surface area contributed by atoms with E-state index in [1.807, 2.05) is 0 Å². The van der Waals surface area contributed by atoms with Gasteiger partial charge in [0.1, 0.15) is 0 Å². The van der Waals surface area contributed by atoms with Crippen LogP contribution >= 0.6 is 0 Å². The molecule has 2 nitrogen and oxygen atoms in total. The highest BCUT2D eigenvalue weighted by Gasteiger charge is 2.50. The molecule has 3 saturated heterocycles. The predicted octanol–water partition coefficient (Wildman–Crippen LogP) is 1.47. The van der Waals surface area contributed by atoms with Gasteiger partial charge in [-0.3, -0.25) is 0 Å². The first kappa shape index (κ1) is 9.17. The van der Waals surface area contributed by atoms with Crippen molar-refractivity contribution in [2.24, 2.45) is 11.8 Å². The van der Waals surface area contributed by atoms with Gasteiger partial charge in [0.05, 0.1) is 0 Å². The lowest BCUT2D eigenvalue weighted by Crippen LogP contribution is -2.53. The summed E-state index contributed by atoms with van der Waals surface area (Å²) in [7, 11) is 0. The second-order valence-electron chi connectivity index (χ2n) is 5.89. The fraction of sp³-hybridized carbons (Fsp3) is 1.00. The van der Waals surface area contributed by atoms with Crippen LogP contribution in [-0.4, -0.2) is 36.6 Å². The first-order chi connectivity index (χ1) is 6.76. The molecular formula is C12H22N2. The molecule has 3 aliphatic heterocycles. The Labute approximate surface area is 87.0 Å². The Morgan fingerprint density at radius 2 is 2.00 bits per heavy atom. The average Bonchev–Trinajstić information content (AvgIpc) is 2.68. The molecule has 80 valence electrons. The predicted molar refractivity (Wildman–Crippen MR) is 58.3 cm³/mol. The summed E-state index contributed by atoms with van der Waals surface area (Å²) in [6.45, 7) is 7.70. The molecule has 0 aromatic rings. The molecule has 0 radical (unpaired) electrons. The van der Waals surface area contributed by atoms with E-state index in [1.165, 1.54) is 51.9 Å². The minimum Gasteiger partial charge on any atom is -0.310 e. The molecule has 0 spiro atoms. The highest BCUT2D eigenvalue weighted by atomic mass is 15.2. The van der Waals surface area contributed by atoms with Gasteiger partial charge in [0.25, 0.3) is 0 Å². The summed E-state index contributed by atoms with van der Waals surface area (Å²) in [5.41, 5.74) is 0.561. The van der Waals surface area contributed by atoms with E-state index < -0.39 is 0 Å². The minimum atomic E-state index is 0.561. The molecule has 0 aromatic carbocycles. The Hall–Kier alpha value is -0.0800. The van der Waals surface area contributed by atoms with Crippen LogP contribution in [0.4, 0.5) is 0 Å². The topological polar surface area (TPSA) is 15.3 Å². The van der Waals surface area contributed by atoms with Crippen molar-refractivity contribution >= 4 is 0 Å². The summed E-state index contributed by atoms with van der Waals surface area (Å²) in [5, 5.41) is 3.72. The van der Waals surface area contributed by atoms with Crippen LogP contribution in [0, 0.1) is 11.8 Å². The van der Waals surface area contributed by atoms with Gasteiger partial charge in [0.2, 0.25) is 0 Å². The summed E-state index contributed by atoms with van der Waals surface area (Å²) in [4.78, 5) is 2.69. The summed E-state index contributed by atoms with van der Waals surface area (Å²) in [6.07, 6.45) is 5.75. The lowest BCUT2D eigenvalue weighted by atomic mass is 9.73. The van der Waals surface area contributed by atoms with Crippen LogP contribution in [0.3, 0.4) is 0 Å². The molecular weight excluding hydrogens is 172 g/mol. The van der Waals surface area contributed by atoms with E-state index in [4.69, 9.17) is 0 Å². The van der Waals surface area contributed by atoms with Gasteiger partial charge in [0, 0.05) is 12.1 Å². The molecule has 0 amide bonds. The molecule has 4 aliphatic rings. The van der Waals surface area contributed by atoms with E-state index in [2.05, 4.69) is 17.1 Å². The Balaban J connectivity index is 1.53. The van der Waals surface area contributed by atoms with Crippen molar-refractivity contribution in [1.82, 2.24) is 10.2 Å². The zero-order valence-electron chi connectivity index (χ0n) is 9.26. The lowest BCUT2D eigenvalue weighted by Gasteiger charge is -2.43. The van der Waals surface area contributed by atoms with Crippen molar-refractivity contribution in [2.45, 2.75) is 38.1 Å². The third-order valence-corrected chi connectivity index (χ3v) is 4.53. The zero-order valence-corrected chi connectivity index (χ0v) is 9.26. The molecule has 14 heavy (non-hydrogen) atoms. The molecule has 2 bridgehead atoms. The summed E-state index contributed by atoms with van der Waals surface area (Å²) in [6, 6.07) is 0. The number of nitrogens with one attached hydrogen (secondary N) is 1. The Morgan fingerprint density at radius 1 is 1.29 bits per heavy atom. The monoisotopic (exact) mass is 194 g/mol. The van der Waals surface area contributed by atoms with Crippen LogP contribution in [0.2, 0.25) is 0 Å². The van der Waals surface area contributed by atoms with E-state index in [0.29, 0.717) is 5.54 Å². The van der Waals surface area contributed by atoms with Crippen molar-refractivity contribution in [2.75, 3.05) is 26.2 Å². The van der Waals surface area contributed by atoms with E-state index in [-0.39, 0.29) is 0 Å². The second kappa shape index (κ2) is 3.21. The molecule has 0 aromatic heterocycles. The smallest absolute Gasteiger partial charge is 0.0315 e. The van der Waals surface area contributed by atoms with Gasteiger partial charge in [0.15, 0.2) is 0 Å². The van der Waals surface area contributed by atoms with Gasteiger partial charge in [-0.05, 0) is 57.2 Å². The average molecular weight is 194 g/mol. The van der Waals surface area contributed by atoms with Crippen molar-refractivity contribution in [3.63, 3.8) is 0 Å². The Kier molecular flexibility index (Phi) is 2.10. The molecule has 2 heteroatoms. The fourth-order valence-electron chi connectivity index (χ4n) is 3.53. The number of nitrogens with zero attached hydrogens (tertiary/aromatic N) is 1. The van der Waals surface area contributed by atoms with Gasteiger partial charge in [-0.25, -0.2) is 0 Å². The fourth-order valence-corrected chi connectivity index (χ4v) is 3.53. The summed E-state index contributed by atoms with van der Waals surface area (Å²) in [5.74, 6) is 1.99. The van der Waals surface area contributed by atoms with E-state index in [0.717, 1.165) is 11.8 Å². The highest BCUT2D eigenvalue weighted by molar-refractivity contribution is 5.10. The van der Waals surface area contributed by atoms with Gasteiger partial charge in [-0.2, -0.15) is 0 Å². The maximum Gasteiger partial charge on any atom is 0.0315 e. The van der Waals surface area contributed by atoms with E-state index >= 15 is 0 Å². The first-order valence-corrected chi connectivity index (χ1v) is 6.23. The first-order valence-electron chi connectivity index (χ1n) is 6.23. The van der Waals surface area contributed by atoms with Gasteiger partial charge >= 0.3 is 0 Å². The van der Waals surface area contributed by atoms with Crippen molar-refractivity contribution < 1.29 is 0 Å². The largest absolute Gasteiger partial charge is 0.310 e. The molecule has 1 aliphatic carbocycles. The van der Waals surface area contributed by atoms with Crippen LogP contribution in [0.25, 0.3) is 0 Å². The number of likely N-dealkylation sites (tertiary alicyclic amines) is 1. The van der Waals surface area contributed by atoms with Gasteiger partial charge < -0.3 is 10.2 Å². The van der Waals surface area contributed by atoms with E-state index in [9.17, 15) is 0 Å². The zero-order chi connectivity index (χ0) is 9.60. The molecule has 1 saturated carbocycles. The van der Waals surface area contributed by atoms with Gasteiger partial charge in [-0.15, -0.1) is 0 Å².